The molecule has 1 N–H and O–H groups in total. The Kier molecular flexibility index (Phi) is 9.40. The van der Waals surface area contributed by atoms with Crippen molar-refractivity contribution in [3.63, 3.8) is 0 Å². The fraction of sp³-hybridized carbons (Fsp3) is 0.297. The Labute approximate surface area is 288 Å². The number of benzene rings is 3. The van der Waals surface area contributed by atoms with Crippen LogP contribution in [0.2, 0.25) is 0 Å². The van der Waals surface area contributed by atoms with Gasteiger partial charge in [-0.15, -0.1) is 0 Å². The standard InChI is InChI=1S/C37H38N4O9/c1-21-7-9-23(10-8-21)20-48-36(44)39(3)15-16-40(4)37(45)50-29-19-27-26(32-31(35(43)47-6)22(2)38-33(29)32)13-14-41(27)34(42)30-18-24-17-25(46-5)11-12-28(24)49-30/h7-12,17-19,38H,13-16,20H2,1-6H3. The van der Waals surface area contributed by atoms with E-state index in [4.69, 9.17) is 23.4 Å². The van der Waals surface area contributed by atoms with Crippen LogP contribution in [-0.4, -0.2) is 86.8 Å². The SMILES string of the molecule is COC(=O)c1c(C)[nH]c2c(OC(=O)N(C)CCN(C)C(=O)OCc3ccc(C)cc3)cc3c(c12)CCN3C(=O)c1cc2cc(OC)ccc2o1. The van der Waals surface area contributed by atoms with Crippen molar-refractivity contribution in [1.29, 1.82) is 0 Å². The number of aromatic amines is 1. The summed E-state index contributed by atoms with van der Waals surface area (Å²) in [6, 6.07) is 16.2. The first-order valence-corrected chi connectivity index (χ1v) is 16.0. The van der Waals surface area contributed by atoms with E-state index in [1.807, 2.05) is 31.2 Å². The van der Waals surface area contributed by atoms with Crippen molar-refractivity contribution in [2.24, 2.45) is 0 Å². The van der Waals surface area contributed by atoms with Gasteiger partial charge in [0, 0.05) is 56.3 Å². The van der Waals surface area contributed by atoms with Gasteiger partial charge in [0.05, 0.1) is 31.0 Å². The van der Waals surface area contributed by atoms with Gasteiger partial charge in [-0.3, -0.25) is 4.79 Å². The average molecular weight is 683 g/mol. The van der Waals surface area contributed by atoms with Crippen LogP contribution in [0.3, 0.4) is 0 Å². The van der Waals surface area contributed by atoms with E-state index in [0.29, 0.717) is 57.5 Å². The fourth-order valence-corrected chi connectivity index (χ4v) is 5.99. The molecule has 1 aliphatic heterocycles. The zero-order chi connectivity index (χ0) is 35.7. The van der Waals surface area contributed by atoms with Gasteiger partial charge in [-0.2, -0.15) is 0 Å². The maximum absolute atomic E-state index is 13.9. The molecule has 1 aliphatic rings. The number of methoxy groups -OCH3 is 2. The topological polar surface area (TPSA) is 144 Å². The number of amides is 3. The molecule has 0 saturated carbocycles. The summed E-state index contributed by atoms with van der Waals surface area (Å²) in [5.74, 6) is -0.0830. The molecule has 0 radical (unpaired) electrons. The number of anilines is 1. The Morgan fingerprint density at radius 1 is 0.920 bits per heavy atom. The molecule has 3 amide bonds. The average Bonchev–Trinajstić information content (AvgIpc) is 3.83. The van der Waals surface area contributed by atoms with Crippen molar-refractivity contribution in [1.82, 2.24) is 14.8 Å². The Hall–Kier alpha value is -5.98. The van der Waals surface area contributed by atoms with Crippen LogP contribution in [0.15, 0.2) is 59.0 Å². The van der Waals surface area contributed by atoms with E-state index in [9.17, 15) is 19.2 Å². The van der Waals surface area contributed by atoms with Gasteiger partial charge in [0.15, 0.2) is 11.5 Å². The van der Waals surface area contributed by atoms with Crippen LogP contribution in [0.5, 0.6) is 11.5 Å². The van der Waals surface area contributed by atoms with Crippen LogP contribution in [0, 0.1) is 13.8 Å². The minimum atomic E-state index is -0.707. The van der Waals surface area contributed by atoms with Crippen molar-refractivity contribution in [3.05, 3.63) is 88.3 Å². The van der Waals surface area contributed by atoms with Crippen molar-refractivity contribution < 1.29 is 42.5 Å². The number of hydrogen-bond donors (Lipinski definition) is 1. The molecule has 6 rings (SSSR count). The summed E-state index contributed by atoms with van der Waals surface area (Å²) in [6.45, 7) is 4.46. The first-order chi connectivity index (χ1) is 24.0. The lowest BCUT2D eigenvalue weighted by atomic mass is 10.0. The van der Waals surface area contributed by atoms with Gasteiger partial charge in [0.25, 0.3) is 5.91 Å². The molecule has 13 nitrogen and oxygen atoms in total. The van der Waals surface area contributed by atoms with Gasteiger partial charge >= 0.3 is 18.2 Å². The van der Waals surface area contributed by atoms with E-state index in [-0.39, 0.29) is 31.2 Å². The number of H-pyrrole nitrogens is 1. The number of carbonyl (C=O) groups is 4. The van der Waals surface area contributed by atoms with Gasteiger partial charge in [0.2, 0.25) is 0 Å². The Balaban J connectivity index is 1.23. The molecule has 3 heterocycles. The highest BCUT2D eigenvalue weighted by Crippen LogP contribution is 2.43. The molecule has 0 atom stereocenters. The Morgan fingerprint density at radius 2 is 1.64 bits per heavy atom. The van der Waals surface area contributed by atoms with Gasteiger partial charge in [-0.05, 0) is 55.7 Å². The molecule has 260 valence electrons. The monoisotopic (exact) mass is 682 g/mol. The minimum absolute atomic E-state index is 0.119. The predicted octanol–water partition coefficient (Wildman–Crippen LogP) is 6.23. The number of hydrogen-bond acceptors (Lipinski definition) is 9. The molecule has 3 aromatic carbocycles. The summed E-state index contributed by atoms with van der Waals surface area (Å²) in [5.41, 5.74) is 4.95. The number of aryl methyl sites for hydroxylation is 2. The van der Waals surface area contributed by atoms with E-state index in [1.165, 1.54) is 16.9 Å². The summed E-state index contributed by atoms with van der Waals surface area (Å²) >= 11 is 0. The Morgan fingerprint density at radius 3 is 2.34 bits per heavy atom. The van der Waals surface area contributed by atoms with E-state index >= 15 is 0 Å². The predicted molar refractivity (Wildman–Crippen MR) is 185 cm³/mol. The first-order valence-electron chi connectivity index (χ1n) is 16.0. The third-order valence-electron chi connectivity index (χ3n) is 8.83. The van der Waals surface area contributed by atoms with E-state index in [2.05, 4.69) is 4.98 Å². The van der Waals surface area contributed by atoms with Gasteiger partial charge in [0.1, 0.15) is 17.9 Å². The molecule has 2 aromatic heterocycles. The zero-order valence-corrected chi connectivity index (χ0v) is 28.7. The second-order valence-corrected chi connectivity index (χ2v) is 12.2. The lowest BCUT2D eigenvalue weighted by Gasteiger charge is -2.22. The largest absolute Gasteiger partial charge is 0.497 e. The lowest BCUT2D eigenvalue weighted by molar-refractivity contribution is 0.0602. The van der Waals surface area contributed by atoms with Crippen LogP contribution in [0.1, 0.15) is 43.3 Å². The summed E-state index contributed by atoms with van der Waals surface area (Å²) in [4.78, 5) is 60.3. The molecule has 0 aliphatic carbocycles. The molecule has 0 unspecified atom stereocenters. The number of nitrogens with zero attached hydrogens (tertiary/aromatic N) is 3. The van der Waals surface area contributed by atoms with Crippen molar-refractivity contribution >= 4 is 51.6 Å². The van der Waals surface area contributed by atoms with Crippen LogP contribution >= 0.6 is 0 Å². The molecular formula is C37H38N4O9. The van der Waals surface area contributed by atoms with Crippen LogP contribution in [0.25, 0.3) is 21.9 Å². The summed E-state index contributed by atoms with van der Waals surface area (Å²) < 4.78 is 27.6. The van der Waals surface area contributed by atoms with Crippen molar-refractivity contribution in [2.45, 2.75) is 26.9 Å². The first kappa shape index (κ1) is 33.9. The summed E-state index contributed by atoms with van der Waals surface area (Å²) in [5, 5.41) is 1.22. The molecule has 0 bridgehead atoms. The molecule has 0 spiro atoms. The highest BCUT2D eigenvalue weighted by molar-refractivity contribution is 6.14. The Bertz CT molecular complexity index is 2120. The molecule has 0 fully saturated rings. The second kappa shape index (κ2) is 13.9. The number of nitrogens with one attached hydrogen (secondary N) is 1. The highest BCUT2D eigenvalue weighted by Gasteiger charge is 2.34. The van der Waals surface area contributed by atoms with Crippen molar-refractivity contribution in [2.75, 3.05) is 52.8 Å². The molecule has 0 saturated heterocycles. The summed E-state index contributed by atoms with van der Waals surface area (Å²) in [6.07, 6.45) is -0.798. The molecular weight excluding hydrogens is 644 g/mol. The normalized spacial score (nSPS) is 12.2. The molecule has 50 heavy (non-hydrogen) atoms. The molecule has 13 heteroatoms. The van der Waals surface area contributed by atoms with Crippen molar-refractivity contribution in [3.8, 4) is 11.5 Å². The van der Waals surface area contributed by atoms with Crippen LogP contribution in [-0.2, 0) is 22.5 Å². The smallest absolute Gasteiger partial charge is 0.415 e. The van der Waals surface area contributed by atoms with E-state index in [0.717, 1.165) is 16.7 Å². The number of likely N-dealkylation sites (N-methyl/N-ethyl adjacent to an activating group) is 2. The number of rotatable bonds is 9. The second-order valence-electron chi connectivity index (χ2n) is 12.2. The summed E-state index contributed by atoms with van der Waals surface area (Å²) in [7, 11) is 5.98. The van der Waals surface area contributed by atoms with Gasteiger partial charge in [-0.1, -0.05) is 29.8 Å². The fourth-order valence-electron chi connectivity index (χ4n) is 5.99. The number of furan rings is 1. The highest BCUT2D eigenvalue weighted by atomic mass is 16.6. The third kappa shape index (κ3) is 6.53. The quantitative estimate of drug-likeness (QED) is 0.179. The van der Waals surface area contributed by atoms with E-state index < -0.39 is 24.1 Å². The van der Waals surface area contributed by atoms with E-state index in [1.54, 1.807) is 63.4 Å². The lowest BCUT2D eigenvalue weighted by Crippen LogP contribution is -2.38. The maximum atomic E-state index is 13.9. The maximum Gasteiger partial charge on any atom is 0.415 e. The number of carbonyl (C=O) groups excluding carboxylic acids is 4. The number of ether oxygens (including phenoxy) is 4. The zero-order valence-electron chi connectivity index (χ0n) is 28.7. The third-order valence-corrected chi connectivity index (χ3v) is 8.83. The number of fused-ring (bicyclic) bond motifs is 4. The van der Waals surface area contributed by atoms with Crippen LogP contribution in [0.4, 0.5) is 15.3 Å². The minimum Gasteiger partial charge on any atom is -0.497 e. The van der Waals surface area contributed by atoms with Gasteiger partial charge in [-0.25, -0.2) is 14.4 Å². The van der Waals surface area contributed by atoms with Crippen LogP contribution < -0.4 is 14.4 Å². The number of esters is 1. The van der Waals surface area contributed by atoms with Gasteiger partial charge < -0.3 is 43.0 Å². The number of aromatic nitrogens is 1. The molecule has 5 aromatic rings.